The molecule has 5 aromatic rings. The second-order valence-corrected chi connectivity index (χ2v) is 8.97. The monoisotopic (exact) mass is 471 g/mol. The minimum absolute atomic E-state index is 0.0263. The van der Waals surface area contributed by atoms with Gasteiger partial charge >= 0.3 is 0 Å². The number of rotatable bonds is 5. The molecule has 0 bridgehead atoms. The van der Waals surface area contributed by atoms with Crippen molar-refractivity contribution in [1.82, 2.24) is 35.0 Å². The molecule has 168 valence electrons. The summed E-state index contributed by atoms with van der Waals surface area (Å²) in [5.41, 5.74) is 2.13. The minimum atomic E-state index is -0.359. The van der Waals surface area contributed by atoms with Gasteiger partial charge in [0.2, 0.25) is 0 Å². The van der Waals surface area contributed by atoms with Crippen molar-refractivity contribution in [2.45, 2.75) is 24.8 Å². The molecule has 10 heteroatoms. The zero-order chi connectivity index (χ0) is 23.1. The number of hydrogen-bond acceptors (Lipinski definition) is 7. The first-order valence-electron chi connectivity index (χ1n) is 10.8. The number of thiazole rings is 1. The highest BCUT2D eigenvalue weighted by Crippen LogP contribution is 2.39. The van der Waals surface area contributed by atoms with Crippen molar-refractivity contribution in [3.8, 4) is 16.5 Å². The molecule has 1 fully saturated rings. The van der Waals surface area contributed by atoms with Crippen molar-refractivity contribution >= 4 is 28.3 Å². The number of amides is 1. The Morgan fingerprint density at radius 1 is 1.00 bits per heavy atom. The fraction of sp³-hybridized carbons (Fsp3) is 0.167. The van der Waals surface area contributed by atoms with Gasteiger partial charge in [-0.2, -0.15) is 0 Å². The van der Waals surface area contributed by atoms with Gasteiger partial charge in [0.15, 0.2) is 10.8 Å². The van der Waals surface area contributed by atoms with Crippen LogP contribution in [-0.2, 0) is 0 Å². The number of para-hydroxylation sites is 1. The van der Waals surface area contributed by atoms with Crippen molar-refractivity contribution < 1.29 is 9.18 Å². The summed E-state index contributed by atoms with van der Waals surface area (Å²) < 4.78 is 16.5. The van der Waals surface area contributed by atoms with E-state index in [-0.39, 0.29) is 23.7 Å². The highest BCUT2D eigenvalue weighted by molar-refractivity contribution is 7.13. The van der Waals surface area contributed by atoms with E-state index in [9.17, 15) is 9.18 Å². The van der Waals surface area contributed by atoms with Gasteiger partial charge in [0.1, 0.15) is 17.2 Å². The molecular formula is C24H18FN7OS. The zero-order valence-corrected chi connectivity index (χ0v) is 18.6. The molecule has 1 saturated carbocycles. The van der Waals surface area contributed by atoms with Crippen LogP contribution < -0.4 is 5.32 Å². The van der Waals surface area contributed by atoms with Crippen molar-refractivity contribution in [3.63, 3.8) is 0 Å². The first kappa shape index (κ1) is 20.5. The Labute approximate surface area is 197 Å². The number of hydrogen-bond donors (Lipinski definition) is 1. The molecule has 0 radical (unpaired) electrons. The van der Waals surface area contributed by atoms with Gasteiger partial charge in [-0.05, 0) is 43.2 Å². The molecule has 4 aromatic heterocycles. The third-order valence-corrected chi connectivity index (χ3v) is 6.75. The Kier molecular flexibility index (Phi) is 5.06. The van der Waals surface area contributed by atoms with Gasteiger partial charge in [-0.1, -0.05) is 12.1 Å². The maximum Gasteiger partial charge on any atom is 0.253 e. The van der Waals surface area contributed by atoms with E-state index >= 15 is 0 Å². The van der Waals surface area contributed by atoms with Gasteiger partial charge in [-0.3, -0.25) is 19.3 Å². The molecule has 1 aliphatic rings. The Bertz CT molecular complexity index is 1490. The third-order valence-electron chi connectivity index (χ3n) is 5.98. The quantitative estimate of drug-likeness (QED) is 0.414. The highest BCUT2D eigenvalue weighted by atomic mass is 32.1. The smallest absolute Gasteiger partial charge is 0.253 e. The fourth-order valence-electron chi connectivity index (χ4n) is 4.28. The van der Waals surface area contributed by atoms with Crippen molar-refractivity contribution in [2.24, 2.45) is 0 Å². The number of nitrogens with zero attached hydrogens (tertiary/aromatic N) is 6. The van der Waals surface area contributed by atoms with E-state index in [1.807, 2.05) is 11.4 Å². The molecule has 0 aliphatic heterocycles. The molecule has 1 aromatic carbocycles. The van der Waals surface area contributed by atoms with E-state index < -0.39 is 0 Å². The maximum absolute atomic E-state index is 14.7. The number of carbonyl (C=O) groups is 1. The first-order chi connectivity index (χ1) is 16.7. The van der Waals surface area contributed by atoms with Crippen molar-refractivity contribution in [1.29, 1.82) is 0 Å². The molecule has 34 heavy (non-hydrogen) atoms. The van der Waals surface area contributed by atoms with Crippen LogP contribution in [0, 0.1) is 5.82 Å². The van der Waals surface area contributed by atoms with E-state index in [0.717, 1.165) is 0 Å². The highest BCUT2D eigenvalue weighted by Gasteiger charge is 2.37. The Balaban J connectivity index is 1.25. The van der Waals surface area contributed by atoms with E-state index in [1.54, 1.807) is 53.5 Å². The molecule has 0 unspecified atom stereocenters. The van der Waals surface area contributed by atoms with E-state index in [0.29, 0.717) is 51.8 Å². The molecule has 8 nitrogen and oxygen atoms in total. The van der Waals surface area contributed by atoms with Crippen LogP contribution in [-0.4, -0.2) is 41.7 Å². The molecule has 1 aliphatic carbocycles. The second kappa shape index (κ2) is 8.38. The third kappa shape index (κ3) is 3.52. The normalized spacial score (nSPS) is 17.4. The summed E-state index contributed by atoms with van der Waals surface area (Å²) in [7, 11) is 0. The average Bonchev–Trinajstić information content (AvgIpc) is 3.51. The first-order valence-corrected chi connectivity index (χ1v) is 11.7. The molecule has 0 saturated heterocycles. The zero-order valence-electron chi connectivity index (χ0n) is 17.8. The molecule has 0 atom stereocenters. The Morgan fingerprint density at radius 2 is 1.88 bits per heavy atom. The lowest BCUT2D eigenvalue weighted by atomic mass is 9.79. The molecule has 1 N–H and O–H groups in total. The number of pyridine rings is 2. The lowest BCUT2D eigenvalue weighted by Crippen LogP contribution is -2.44. The van der Waals surface area contributed by atoms with E-state index in [2.05, 4.69) is 30.5 Å². The number of carbonyl (C=O) groups excluding carboxylic acids is 1. The number of aromatic nitrogens is 6. The van der Waals surface area contributed by atoms with Gasteiger partial charge in [0.25, 0.3) is 5.91 Å². The van der Waals surface area contributed by atoms with Crippen LogP contribution >= 0.6 is 11.3 Å². The van der Waals surface area contributed by atoms with Crippen LogP contribution in [0.5, 0.6) is 0 Å². The van der Waals surface area contributed by atoms with Crippen LogP contribution in [0.1, 0.15) is 34.9 Å². The van der Waals surface area contributed by atoms with Crippen LogP contribution in [0.2, 0.25) is 0 Å². The van der Waals surface area contributed by atoms with Gasteiger partial charge in [0.05, 0.1) is 16.8 Å². The molecule has 4 heterocycles. The number of halogens is 1. The maximum atomic E-state index is 14.7. The summed E-state index contributed by atoms with van der Waals surface area (Å²) in [6.45, 7) is 0. The van der Waals surface area contributed by atoms with Gasteiger partial charge in [-0.25, -0.2) is 9.37 Å². The largest absolute Gasteiger partial charge is 0.349 e. The van der Waals surface area contributed by atoms with Crippen LogP contribution in [0.4, 0.5) is 4.39 Å². The SMILES string of the molecule is O=C(N[C@H]1C[C@H](c2nnc(-c3nccs3)n2-c2ccccc2F)C1)c1ccnc2cccnc12. The number of fused-ring (bicyclic) bond motifs is 1. The summed E-state index contributed by atoms with van der Waals surface area (Å²) in [4.78, 5) is 25.8. The molecule has 1 amide bonds. The Morgan fingerprint density at radius 3 is 2.71 bits per heavy atom. The topological polar surface area (TPSA) is 98.5 Å². The fourth-order valence-corrected chi connectivity index (χ4v) is 4.89. The predicted molar refractivity (Wildman–Crippen MR) is 125 cm³/mol. The lowest BCUT2D eigenvalue weighted by molar-refractivity contribution is 0.0908. The number of benzene rings is 1. The molecule has 0 spiro atoms. The van der Waals surface area contributed by atoms with Gasteiger partial charge in [-0.15, -0.1) is 21.5 Å². The lowest BCUT2D eigenvalue weighted by Gasteiger charge is -2.35. The summed E-state index contributed by atoms with van der Waals surface area (Å²) in [5, 5.41) is 14.3. The van der Waals surface area contributed by atoms with E-state index in [1.165, 1.54) is 17.4 Å². The average molecular weight is 472 g/mol. The van der Waals surface area contributed by atoms with Gasteiger partial charge < -0.3 is 5.32 Å². The Hall–Kier alpha value is -4.05. The summed E-state index contributed by atoms with van der Waals surface area (Å²) in [6.07, 6.45) is 6.29. The van der Waals surface area contributed by atoms with Crippen molar-refractivity contribution in [2.75, 3.05) is 0 Å². The predicted octanol–water partition coefficient (Wildman–Crippen LogP) is 4.15. The second-order valence-electron chi connectivity index (χ2n) is 8.07. The summed E-state index contributed by atoms with van der Waals surface area (Å²) >= 11 is 1.42. The van der Waals surface area contributed by atoms with Crippen LogP contribution in [0.3, 0.4) is 0 Å². The summed E-state index contributed by atoms with van der Waals surface area (Å²) in [5.74, 6) is 0.656. The van der Waals surface area contributed by atoms with Gasteiger partial charge in [0, 0.05) is 35.9 Å². The summed E-state index contributed by atoms with van der Waals surface area (Å²) in [6, 6.07) is 11.8. The molecule has 6 rings (SSSR count). The van der Waals surface area contributed by atoms with Crippen LogP contribution in [0.25, 0.3) is 27.6 Å². The van der Waals surface area contributed by atoms with E-state index in [4.69, 9.17) is 0 Å². The number of nitrogens with one attached hydrogen (secondary N) is 1. The minimum Gasteiger partial charge on any atom is -0.349 e. The van der Waals surface area contributed by atoms with Crippen molar-refractivity contribution in [3.05, 3.63) is 83.6 Å². The standard InChI is InChI=1S/C24H18FN7OS/c25-17-4-1-2-6-19(17)32-21(30-31-22(32)24-28-10-11-34-24)14-12-15(13-14)29-23(33)16-7-9-26-18-5-3-8-27-20(16)18/h1-11,14-15H,12-13H2,(H,29,33)/t14-,15-. The molecular weight excluding hydrogens is 453 g/mol. The van der Waals surface area contributed by atoms with Crippen LogP contribution in [0.15, 0.2) is 66.4 Å².